The maximum atomic E-state index is 12.8. The second kappa shape index (κ2) is 9.97. The molecule has 0 spiro atoms. The molecule has 1 fully saturated rings. The number of amides is 1. The van der Waals surface area contributed by atoms with Gasteiger partial charge < -0.3 is 15.5 Å². The molecule has 1 aliphatic heterocycles. The van der Waals surface area contributed by atoms with Crippen molar-refractivity contribution in [1.82, 2.24) is 9.80 Å². The lowest BCUT2D eigenvalue weighted by Crippen LogP contribution is -2.51. The van der Waals surface area contributed by atoms with Gasteiger partial charge in [0.25, 0.3) is 0 Å². The maximum absolute atomic E-state index is 12.8. The van der Waals surface area contributed by atoms with E-state index in [2.05, 4.69) is 27.9 Å². The summed E-state index contributed by atoms with van der Waals surface area (Å²) < 4.78 is 0.984. The van der Waals surface area contributed by atoms with Crippen molar-refractivity contribution in [2.45, 2.75) is 25.3 Å². The zero-order chi connectivity index (χ0) is 16.3. The van der Waals surface area contributed by atoms with Gasteiger partial charge in [-0.05, 0) is 57.0 Å². The average Bonchev–Trinajstić information content (AvgIpc) is 2.46. The lowest BCUT2D eigenvalue weighted by molar-refractivity contribution is -0.136. The predicted octanol–water partition coefficient (Wildman–Crippen LogP) is 3.27. The number of piperidine rings is 1. The molecule has 0 bridgehead atoms. The van der Waals surface area contributed by atoms with Crippen molar-refractivity contribution < 1.29 is 4.79 Å². The largest absolute Gasteiger partial charge is 0.344 e. The van der Waals surface area contributed by atoms with E-state index in [1.165, 1.54) is 12.8 Å². The molecule has 1 heterocycles. The Hall–Kier alpha value is -0.330. The van der Waals surface area contributed by atoms with E-state index in [1.807, 2.05) is 31.3 Å². The second-order valence-electron chi connectivity index (χ2n) is 6.67. The molecule has 1 aromatic carbocycles. The van der Waals surface area contributed by atoms with Gasteiger partial charge in [0.2, 0.25) is 5.91 Å². The van der Waals surface area contributed by atoms with Crippen molar-refractivity contribution in [3.05, 3.63) is 34.3 Å². The zero-order valence-electron chi connectivity index (χ0n) is 14.5. The molecule has 138 valence electrons. The van der Waals surface area contributed by atoms with Gasteiger partial charge in [-0.25, -0.2) is 0 Å². The molecule has 24 heavy (non-hydrogen) atoms. The Morgan fingerprint density at radius 2 is 1.96 bits per heavy atom. The van der Waals surface area contributed by atoms with Crippen LogP contribution in [0.4, 0.5) is 0 Å². The van der Waals surface area contributed by atoms with Crippen LogP contribution >= 0.6 is 40.7 Å². The number of halogens is 3. The molecule has 0 radical (unpaired) electrons. The Morgan fingerprint density at radius 3 is 2.50 bits per heavy atom. The normalized spacial score (nSPS) is 20.3. The van der Waals surface area contributed by atoms with Crippen LogP contribution in [0.5, 0.6) is 0 Å². The van der Waals surface area contributed by atoms with Crippen molar-refractivity contribution in [1.29, 1.82) is 0 Å². The van der Waals surface area contributed by atoms with Crippen molar-refractivity contribution in [2.24, 2.45) is 11.7 Å². The van der Waals surface area contributed by atoms with E-state index >= 15 is 0 Å². The molecule has 7 heteroatoms. The summed E-state index contributed by atoms with van der Waals surface area (Å²) in [5, 5.41) is 0. The standard InChI is InChI=1S/C17H26BrN3O.2ClH/c1-17(19,14-6-8-15(18)9-7-14)16(22)21(3)12-13-5-4-10-20(2)11-13;;/h6-9,13H,4-5,10-12,19H2,1-3H3;2*1H. The van der Waals surface area contributed by atoms with E-state index in [0.29, 0.717) is 5.92 Å². The fourth-order valence-corrected chi connectivity index (χ4v) is 3.47. The van der Waals surface area contributed by atoms with Crippen LogP contribution in [0.2, 0.25) is 0 Å². The van der Waals surface area contributed by atoms with Gasteiger partial charge >= 0.3 is 0 Å². The number of benzene rings is 1. The molecular formula is C17H28BrCl2N3O. The molecule has 1 amide bonds. The fourth-order valence-electron chi connectivity index (χ4n) is 3.21. The van der Waals surface area contributed by atoms with E-state index in [1.54, 1.807) is 11.8 Å². The molecule has 4 nitrogen and oxygen atoms in total. The minimum atomic E-state index is -0.990. The number of likely N-dealkylation sites (N-methyl/N-ethyl adjacent to an activating group) is 1. The summed E-state index contributed by atoms with van der Waals surface area (Å²) in [5.74, 6) is 0.511. The van der Waals surface area contributed by atoms with Crippen LogP contribution in [0.1, 0.15) is 25.3 Å². The van der Waals surface area contributed by atoms with Crippen molar-refractivity contribution in [3.63, 3.8) is 0 Å². The molecule has 0 saturated carbocycles. The first-order valence-electron chi connectivity index (χ1n) is 7.79. The quantitative estimate of drug-likeness (QED) is 0.781. The first-order chi connectivity index (χ1) is 10.3. The topological polar surface area (TPSA) is 49.6 Å². The molecule has 1 aromatic rings. The zero-order valence-corrected chi connectivity index (χ0v) is 17.7. The highest BCUT2D eigenvalue weighted by Crippen LogP contribution is 2.24. The van der Waals surface area contributed by atoms with Gasteiger partial charge in [-0.15, -0.1) is 24.8 Å². The minimum Gasteiger partial charge on any atom is -0.344 e. The molecule has 2 N–H and O–H groups in total. The summed E-state index contributed by atoms with van der Waals surface area (Å²) in [4.78, 5) is 16.9. The molecular weight excluding hydrogens is 413 g/mol. The Kier molecular flexibility index (Phi) is 9.84. The Morgan fingerprint density at radius 1 is 1.38 bits per heavy atom. The first kappa shape index (κ1) is 23.7. The van der Waals surface area contributed by atoms with Crippen molar-refractivity contribution in [2.75, 3.05) is 33.7 Å². The van der Waals surface area contributed by atoms with E-state index in [-0.39, 0.29) is 30.7 Å². The summed E-state index contributed by atoms with van der Waals surface area (Å²) in [7, 11) is 4.00. The highest BCUT2D eigenvalue weighted by molar-refractivity contribution is 9.10. The van der Waals surface area contributed by atoms with Gasteiger partial charge in [-0.2, -0.15) is 0 Å². The van der Waals surface area contributed by atoms with Gasteiger partial charge in [0.15, 0.2) is 0 Å². The van der Waals surface area contributed by atoms with Gasteiger partial charge in [-0.1, -0.05) is 28.1 Å². The molecule has 1 saturated heterocycles. The van der Waals surface area contributed by atoms with Crippen LogP contribution in [0.3, 0.4) is 0 Å². The number of rotatable bonds is 4. The van der Waals surface area contributed by atoms with Gasteiger partial charge in [0.1, 0.15) is 5.54 Å². The summed E-state index contributed by atoms with van der Waals surface area (Å²) >= 11 is 3.41. The summed E-state index contributed by atoms with van der Waals surface area (Å²) in [5.41, 5.74) is 6.20. The number of nitrogens with two attached hydrogens (primary N) is 1. The van der Waals surface area contributed by atoms with E-state index < -0.39 is 5.54 Å². The SMILES string of the molecule is CN1CCCC(CN(C)C(=O)C(C)(N)c2ccc(Br)cc2)C1.Cl.Cl. The Balaban J connectivity index is 0.00000264. The molecule has 2 atom stereocenters. The van der Waals surface area contributed by atoms with Crippen LogP contribution in [0, 0.1) is 5.92 Å². The molecule has 2 unspecified atom stereocenters. The van der Waals surface area contributed by atoms with Gasteiger partial charge in [0, 0.05) is 24.6 Å². The number of hydrogen-bond acceptors (Lipinski definition) is 3. The number of likely N-dealkylation sites (tertiary alicyclic amines) is 1. The van der Waals surface area contributed by atoms with Crippen molar-refractivity contribution in [3.8, 4) is 0 Å². The number of nitrogens with zero attached hydrogens (tertiary/aromatic N) is 2. The number of carbonyl (C=O) groups is 1. The summed E-state index contributed by atoms with van der Waals surface area (Å²) in [6, 6.07) is 7.65. The number of carbonyl (C=O) groups excluding carboxylic acids is 1. The third-order valence-corrected chi connectivity index (χ3v) is 5.02. The van der Waals surface area contributed by atoms with Gasteiger partial charge in [-0.3, -0.25) is 4.79 Å². The fraction of sp³-hybridized carbons (Fsp3) is 0.588. The summed E-state index contributed by atoms with van der Waals surface area (Å²) in [6.07, 6.45) is 2.39. The first-order valence-corrected chi connectivity index (χ1v) is 8.59. The maximum Gasteiger partial charge on any atom is 0.246 e. The predicted molar refractivity (Wildman–Crippen MR) is 108 cm³/mol. The molecule has 0 aliphatic carbocycles. The summed E-state index contributed by atoms with van der Waals surface area (Å²) in [6.45, 7) is 4.77. The number of hydrogen-bond donors (Lipinski definition) is 1. The minimum absolute atomic E-state index is 0. The van der Waals surface area contributed by atoms with Crippen LogP contribution in [-0.4, -0.2) is 49.4 Å². The highest BCUT2D eigenvalue weighted by atomic mass is 79.9. The van der Waals surface area contributed by atoms with Crippen LogP contribution in [0.15, 0.2) is 28.7 Å². The van der Waals surface area contributed by atoms with Crippen LogP contribution in [-0.2, 0) is 10.3 Å². The van der Waals surface area contributed by atoms with E-state index in [9.17, 15) is 4.79 Å². The van der Waals surface area contributed by atoms with Gasteiger partial charge in [0.05, 0.1) is 0 Å². The van der Waals surface area contributed by atoms with Crippen molar-refractivity contribution >= 4 is 46.7 Å². The lowest BCUT2D eigenvalue weighted by Gasteiger charge is -2.35. The van der Waals surface area contributed by atoms with Crippen LogP contribution in [0.25, 0.3) is 0 Å². The highest BCUT2D eigenvalue weighted by Gasteiger charge is 2.34. The smallest absolute Gasteiger partial charge is 0.246 e. The molecule has 0 aromatic heterocycles. The monoisotopic (exact) mass is 439 g/mol. The van der Waals surface area contributed by atoms with Crippen LogP contribution < -0.4 is 5.73 Å². The Labute approximate surface area is 166 Å². The Bertz CT molecular complexity index is 525. The molecule has 1 aliphatic rings. The van der Waals surface area contributed by atoms with E-state index in [4.69, 9.17) is 5.73 Å². The molecule has 2 rings (SSSR count). The van der Waals surface area contributed by atoms with E-state index in [0.717, 1.165) is 29.7 Å². The lowest BCUT2D eigenvalue weighted by atomic mass is 9.91. The second-order valence-corrected chi connectivity index (χ2v) is 7.58. The third kappa shape index (κ3) is 5.88. The third-order valence-electron chi connectivity index (χ3n) is 4.49. The average molecular weight is 441 g/mol.